The molecule has 4 amide bonds. The van der Waals surface area contributed by atoms with Gasteiger partial charge in [-0.25, -0.2) is 9.97 Å². The Balaban J connectivity index is 1.22. The van der Waals surface area contributed by atoms with Crippen LogP contribution in [0.25, 0.3) is 10.8 Å². The zero-order valence-corrected chi connectivity index (χ0v) is 31.0. The van der Waals surface area contributed by atoms with Crippen LogP contribution in [0, 0.1) is 29.6 Å². The number of aromatic hydroxyl groups is 1. The number of fused-ring (bicyclic) bond motifs is 5. The molecular formula is C38H28Cl2F6N6O5. The van der Waals surface area contributed by atoms with E-state index in [0.717, 1.165) is 29.2 Å². The number of phenolic OH excluding ortho intramolecular Hbond substituents is 1. The molecule has 4 aromatic rings. The fourth-order valence-electron chi connectivity index (χ4n) is 8.84. The first-order valence-corrected chi connectivity index (χ1v) is 18.2. The summed E-state index contributed by atoms with van der Waals surface area (Å²) in [5.74, 6) is -11.2. The molecule has 19 heteroatoms. The highest BCUT2D eigenvalue weighted by Crippen LogP contribution is 2.59. The van der Waals surface area contributed by atoms with Gasteiger partial charge in [-0.15, -0.1) is 0 Å². The number of carbonyl (C=O) groups is 4. The molecule has 11 nitrogen and oxygen atoms in total. The second kappa shape index (κ2) is 13.3. The number of aromatic nitrogens is 2. The van der Waals surface area contributed by atoms with Gasteiger partial charge in [0.2, 0.25) is 0 Å². The Kier molecular flexibility index (Phi) is 8.99. The summed E-state index contributed by atoms with van der Waals surface area (Å²) in [6.07, 6.45) is -8.31. The molecule has 4 aliphatic rings. The van der Waals surface area contributed by atoms with Gasteiger partial charge in [0.25, 0.3) is 23.6 Å². The molecule has 0 radical (unpaired) electrons. The van der Waals surface area contributed by atoms with Crippen molar-refractivity contribution in [2.45, 2.75) is 31.1 Å². The summed E-state index contributed by atoms with van der Waals surface area (Å²) >= 11 is 12.5. The summed E-state index contributed by atoms with van der Waals surface area (Å²) in [6.45, 7) is 0. The van der Waals surface area contributed by atoms with Gasteiger partial charge in [0.05, 0.1) is 33.7 Å². The van der Waals surface area contributed by atoms with Gasteiger partial charge in [-0.2, -0.15) is 36.4 Å². The summed E-state index contributed by atoms with van der Waals surface area (Å²) in [5.41, 5.74) is -1.95. The number of nitrogens with zero attached hydrogens (tertiary/aromatic N) is 6. The maximum atomic E-state index is 14.6. The molecule has 8 rings (SSSR count). The lowest BCUT2D eigenvalue weighted by atomic mass is 9.57. The highest BCUT2D eigenvalue weighted by molar-refractivity contribution is 6.33. The van der Waals surface area contributed by atoms with Crippen molar-refractivity contribution in [2.75, 3.05) is 24.1 Å². The van der Waals surface area contributed by atoms with Crippen LogP contribution in [0.5, 0.6) is 5.75 Å². The van der Waals surface area contributed by atoms with E-state index in [2.05, 4.69) is 9.97 Å². The Hall–Kier alpha value is -5.42. The lowest BCUT2D eigenvalue weighted by Gasteiger charge is -2.44. The number of carbonyl (C=O) groups excluding carboxylic acids is 4. The van der Waals surface area contributed by atoms with E-state index >= 15 is 0 Å². The predicted molar refractivity (Wildman–Crippen MR) is 192 cm³/mol. The highest BCUT2D eigenvalue weighted by Gasteiger charge is 2.63. The van der Waals surface area contributed by atoms with Crippen LogP contribution in [0.3, 0.4) is 0 Å². The van der Waals surface area contributed by atoms with Gasteiger partial charge in [0.1, 0.15) is 17.1 Å². The average molecular weight is 834 g/mol. The van der Waals surface area contributed by atoms with Crippen LogP contribution >= 0.6 is 23.2 Å². The lowest BCUT2D eigenvalue weighted by molar-refractivity contribution is -0.143. The number of allylic oxidation sites excluding steroid dienone is 2. The van der Waals surface area contributed by atoms with Crippen LogP contribution in [0.4, 0.5) is 38.0 Å². The van der Waals surface area contributed by atoms with Crippen molar-refractivity contribution in [1.29, 1.82) is 0 Å². The maximum absolute atomic E-state index is 14.6. The summed E-state index contributed by atoms with van der Waals surface area (Å²) in [4.78, 5) is 64.7. The van der Waals surface area contributed by atoms with Crippen LogP contribution in [-0.4, -0.2) is 62.8 Å². The molecule has 2 aliphatic heterocycles. The van der Waals surface area contributed by atoms with Crippen molar-refractivity contribution in [3.05, 3.63) is 99.3 Å². The second-order valence-electron chi connectivity index (χ2n) is 14.3. The molecule has 6 atom stereocenters. The van der Waals surface area contributed by atoms with E-state index < -0.39 is 94.5 Å². The van der Waals surface area contributed by atoms with Crippen LogP contribution in [0.2, 0.25) is 10.0 Å². The molecule has 3 fully saturated rings. The molecule has 2 aromatic carbocycles. The van der Waals surface area contributed by atoms with Gasteiger partial charge in [0.15, 0.2) is 11.6 Å². The minimum atomic E-state index is -4.89. The summed E-state index contributed by atoms with van der Waals surface area (Å²) in [5, 5.41) is 15.3. The van der Waals surface area contributed by atoms with E-state index in [1.165, 1.54) is 7.05 Å². The molecule has 2 aliphatic carbocycles. The molecule has 57 heavy (non-hydrogen) atoms. The van der Waals surface area contributed by atoms with E-state index in [4.69, 9.17) is 23.2 Å². The third-order valence-corrected chi connectivity index (χ3v) is 11.9. The molecule has 4 heterocycles. The smallest absolute Gasteiger partial charge is 0.433 e. The zero-order chi connectivity index (χ0) is 41.0. The Morgan fingerprint density at radius 3 is 1.77 bits per heavy atom. The van der Waals surface area contributed by atoms with Crippen molar-refractivity contribution in [1.82, 2.24) is 20.0 Å². The fraction of sp³-hybridized carbons (Fsp3) is 0.316. The Morgan fingerprint density at radius 2 is 1.21 bits per heavy atom. The van der Waals surface area contributed by atoms with Crippen LogP contribution < -0.4 is 10.0 Å². The average Bonchev–Trinajstić information content (AvgIpc) is 3.56. The number of alkyl halides is 6. The number of imide groups is 2. The third kappa shape index (κ3) is 5.96. The van der Waals surface area contributed by atoms with E-state index in [9.17, 15) is 50.6 Å². The van der Waals surface area contributed by atoms with Crippen molar-refractivity contribution in [3.63, 3.8) is 0 Å². The number of pyridine rings is 2. The number of hydrogen-bond acceptors (Lipinski definition) is 9. The molecular weight excluding hydrogens is 805 g/mol. The van der Waals surface area contributed by atoms with Crippen molar-refractivity contribution in [3.8, 4) is 5.75 Å². The molecule has 0 spiro atoms. The van der Waals surface area contributed by atoms with Crippen LogP contribution in [0.1, 0.15) is 35.7 Å². The summed E-state index contributed by atoms with van der Waals surface area (Å²) in [6, 6.07) is 13.3. The predicted octanol–water partition coefficient (Wildman–Crippen LogP) is 7.42. The molecule has 1 saturated carbocycles. The van der Waals surface area contributed by atoms with Crippen LogP contribution in [0.15, 0.2) is 72.3 Å². The number of phenols is 1. The van der Waals surface area contributed by atoms with E-state index in [1.807, 2.05) is 0 Å². The molecule has 6 unspecified atom stereocenters. The van der Waals surface area contributed by atoms with Gasteiger partial charge >= 0.3 is 12.4 Å². The number of benzene rings is 2. The van der Waals surface area contributed by atoms with Gasteiger partial charge < -0.3 is 5.11 Å². The Morgan fingerprint density at radius 1 is 0.684 bits per heavy atom. The number of amides is 4. The molecule has 0 bridgehead atoms. The molecule has 2 aromatic heterocycles. The molecule has 1 N–H and O–H groups in total. The Labute approximate surface area is 329 Å². The highest BCUT2D eigenvalue weighted by atomic mass is 35.5. The van der Waals surface area contributed by atoms with Gasteiger partial charge in [-0.05, 0) is 48.4 Å². The number of halogens is 8. The van der Waals surface area contributed by atoms with E-state index in [0.29, 0.717) is 38.5 Å². The first-order valence-electron chi connectivity index (χ1n) is 17.4. The van der Waals surface area contributed by atoms with E-state index in [-0.39, 0.29) is 34.2 Å². The standard InChI is InChI=1S/C38H28Cl2F6N6O5/c1-49(31-23(39)11-13-25(47-31)37(41,42)43)51-33(54)20-10-9-18-21(28(20)35(51)56)15-22-29(27(18)19-8-7-16-5-3-4-6-17(16)30(19)53)36(57)52(34(22)55)50(2)32-24(40)12-14-26(48-32)38(44,45)46/h3-9,11-14,20-22,27-29,53H,10,15H2,1-2H3. The number of rotatable bonds is 5. The summed E-state index contributed by atoms with van der Waals surface area (Å²) < 4.78 is 82.0. The second-order valence-corrected chi connectivity index (χ2v) is 15.1. The van der Waals surface area contributed by atoms with Crippen LogP contribution in [-0.2, 0) is 31.5 Å². The maximum Gasteiger partial charge on any atom is 0.433 e. The Bertz CT molecular complexity index is 2450. The quantitative estimate of drug-likeness (QED) is 0.124. The normalized spacial score (nSPS) is 24.8. The van der Waals surface area contributed by atoms with Gasteiger partial charge in [0, 0.05) is 31.0 Å². The zero-order valence-electron chi connectivity index (χ0n) is 29.5. The van der Waals surface area contributed by atoms with Crippen molar-refractivity contribution >= 4 is 69.2 Å². The first kappa shape index (κ1) is 38.5. The minimum absolute atomic E-state index is 0.0487. The van der Waals surface area contributed by atoms with Crippen molar-refractivity contribution in [2.24, 2.45) is 29.6 Å². The third-order valence-electron chi connectivity index (χ3n) is 11.3. The minimum Gasteiger partial charge on any atom is -0.507 e. The number of anilines is 2. The SMILES string of the molecule is CN(c1nc(C(F)(F)F)ccc1Cl)N1C(=O)C2CC=C3C(CC4C(=O)N(N(C)c5nc(C(F)(F)F)ccc5Cl)C(=O)C4C3c3ccc4ccccc4c3O)C2C1=O. The van der Waals surface area contributed by atoms with Gasteiger partial charge in [-0.1, -0.05) is 71.2 Å². The molecule has 2 saturated heterocycles. The monoisotopic (exact) mass is 832 g/mol. The fourth-order valence-corrected chi connectivity index (χ4v) is 9.29. The number of hydrazine groups is 2. The topological polar surface area (TPSA) is 127 Å². The van der Waals surface area contributed by atoms with Crippen molar-refractivity contribution < 1.29 is 50.6 Å². The first-order chi connectivity index (χ1) is 26.8. The largest absolute Gasteiger partial charge is 0.507 e. The van der Waals surface area contributed by atoms with Gasteiger partial charge in [-0.3, -0.25) is 29.2 Å². The number of hydrogen-bond donors (Lipinski definition) is 1. The molecule has 296 valence electrons. The van der Waals surface area contributed by atoms with E-state index in [1.54, 1.807) is 42.5 Å². The summed E-state index contributed by atoms with van der Waals surface area (Å²) in [7, 11) is 2.33. The lowest BCUT2D eigenvalue weighted by Crippen LogP contribution is -2.46.